The number of aryl methyl sites for hydroxylation is 2. The molecule has 0 atom stereocenters. The van der Waals surface area contributed by atoms with Gasteiger partial charge in [-0.2, -0.15) is 0 Å². The Kier molecular flexibility index (Phi) is 4.26. The van der Waals surface area contributed by atoms with Crippen LogP contribution in [0.4, 0.5) is 5.69 Å². The van der Waals surface area contributed by atoms with E-state index >= 15 is 0 Å². The molecule has 0 radical (unpaired) electrons. The number of fused-ring (bicyclic) bond motifs is 3. The number of carboxylic acid groups (broad SMARTS) is 1. The van der Waals surface area contributed by atoms with E-state index in [-0.39, 0.29) is 5.56 Å². The number of aromatic nitrogens is 2. The van der Waals surface area contributed by atoms with Crippen molar-refractivity contribution in [2.24, 2.45) is 0 Å². The van der Waals surface area contributed by atoms with Crippen LogP contribution in [0, 0.1) is 6.92 Å². The molecular formula is C21H23N3O3. The number of hydrogen-bond donors (Lipinski definition) is 2. The molecular weight excluding hydrogens is 342 g/mol. The van der Waals surface area contributed by atoms with Crippen molar-refractivity contribution < 1.29 is 14.6 Å². The molecule has 0 spiro atoms. The molecule has 0 bridgehead atoms. The summed E-state index contributed by atoms with van der Waals surface area (Å²) in [6, 6.07) is 7.98. The van der Waals surface area contributed by atoms with E-state index in [0.29, 0.717) is 17.9 Å². The number of carboxylic acids is 1. The number of benzene rings is 1. The molecule has 2 heterocycles. The van der Waals surface area contributed by atoms with E-state index in [4.69, 9.17) is 10.5 Å². The Hall–Kier alpha value is -3.02. The molecule has 0 fully saturated rings. The van der Waals surface area contributed by atoms with Crippen molar-refractivity contribution in [1.82, 2.24) is 9.55 Å². The van der Waals surface area contributed by atoms with Gasteiger partial charge in [-0.15, -0.1) is 0 Å². The van der Waals surface area contributed by atoms with E-state index in [1.54, 1.807) is 14.0 Å². The molecule has 140 valence electrons. The summed E-state index contributed by atoms with van der Waals surface area (Å²) in [5.74, 6) is -0.200. The van der Waals surface area contributed by atoms with Crippen molar-refractivity contribution in [3.63, 3.8) is 0 Å². The molecule has 3 aromatic rings. The lowest BCUT2D eigenvalue weighted by Crippen LogP contribution is -2.10. The number of nitrogen functional groups attached to an aromatic ring is 1. The highest BCUT2D eigenvalue weighted by molar-refractivity contribution is 6.05. The molecule has 6 nitrogen and oxygen atoms in total. The zero-order valence-corrected chi connectivity index (χ0v) is 15.6. The third-order valence-corrected chi connectivity index (χ3v) is 5.43. The van der Waals surface area contributed by atoms with Gasteiger partial charge in [0, 0.05) is 17.6 Å². The van der Waals surface area contributed by atoms with Crippen LogP contribution in [0.15, 0.2) is 24.3 Å². The SMILES string of the molecule is COc1ccc(Cn2c3c(c4c(N)c(C(=O)O)c(C)nc42)CCCC3)cc1. The predicted octanol–water partition coefficient (Wildman–Crippen LogP) is 3.56. The summed E-state index contributed by atoms with van der Waals surface area (Å²) < 4.78 is 7.45. The van der Waals surface area contributed by atoms with E-state index < -0.39 is 5.97 Å². The number of methoxy groups -OCH3 is 1. The molecule has 4 rings (SSSR count). The second-order valence-electron chi connectivity index (χ2n) is 7.06. The maximum atomic E-state index is 11.7. The van der Waals surface area contributed by atoms with Crippen molar-refractivity contribution in [2.45, 2.75) is 39.2 Å². The molecule has 3 N–H and O–H groups in total. The van der Waals surface area contributed by atoms with Crippen LogP contribution in [-0.2, 0) is 19.4 Å². The Bertz CT molecular complexity index is 1040. The first-order valence-corrected chi connectivity index (χ1v) is 9.17. The summed E-state index contributed by atoms with van der Waals surface area (Å²) in [6.07, 6.45) is 4.08. The lowest BCUT2D eigenvalue weighted by Gasteiger charge is -2.16. The number of hydrogen-bond acceptors (Lipinski definition) is 4. The molecule has 0 aliphatic heterocycles. The number of rotatable bonds is 4. The first-order chi connectivity index (χ1) is 13.0. The van der Waals surface area contributed by atoms with E-state index in [1.807, 2.05) is 24.3 Å². The van der Waals surface area contributed by atoms with Gasteiger partial charge in [0.15, 0.2) is 0 Å². The molecule has 0 unspecified atom stereocenters. The summed E-state index contributed by atoms with van der Waals surface area (Å²) in [5, 5.41) is 10.4. The second-order valence-corrected chi connectivity index (χ2v) is 7.06. The zero-order valence-electron chi connectivity index (χ0n) is 15.6. The standard InChI is InChI=1S/C21H23N3O3/c1-12-17(21(25)26)19(22)18-15-5-3-4-6-16(15)24(20(18)23-12)11-13-7-9-14(27-2)10-8-13/h7-10H,3-6,11H2,1-2H3,(H2,22,23)(H,25,26). The Balaban J connectivity index is 1.92. The quantitative estimate of drug-likeness (QED) is 0.738. The molecule has 0 saturated heterocycles. The van der Waals surface area contributed by atoms with Crippen LogP contribution in [0.3, 0.4) is 0 Å². The van der Waals surface area contributed by atoms with Crippen LogP contribution < -0.4 is 10.5 Å². The molecule has 27 heavy (non-hydrogen) atoms. The normalized spacial score (nSPS) is 13.6. The summed E-state index contributed by atoms with van der Waals surface area (Å²) in [4.78, 5) is 16.3. The number of aromatic carboxylic acids is 1. The molecule has 0 amide bonds. The van der Waals surface area contributed by atoms with E-state index in [9.17, 15) is 9.90 Å². The van der Waals surface area contributed by atoms with Crippen molar-refractivity contribution in [3.8, 4) is 5.75 Å². The predicted molar refractivity (Wildman–Crippen MR) is 105 cm³/mol. The minimum atomic E-state index is -1.02. The van der Waals surface area contributed by atoms with Gasteiger partial charge >= 0.3 is 5.97 Å². The van der Waals surface area contributed by atoms with Crippen LogP contribution in [0.2, 0.25) is 0 Å². The Labute approximate surface area is 157 Å². The highest BCUT2D eigenvalue weighted by atomic mass is 16.5. The number of nitrogens with zero attached hydrogens (tertiary/aromatic N) is 2. The van der Waals surface area contributed by atoms with Crippen LogP contribution in [0.1, 0.15) is 45.7 Å². The van der Waals surface area contributed by atoms with Gasteiger partial charge in [-0.05, 0) is 55.9 Å². The highest BCUT2D eigenvalue weighted by Gasteiger charge is 2.26. The Morgan fingerprint density at radius 3 is 2.63 bits per heavy atom. The van der Waals surface area contributed by atoms with E-state index in [1.165, 1.54) is 5.69 Å². The molecule has 1 aliphatic carbocycles. The number of nitrogens with two attached hydrogens (primary N) is 1. The molecule has 2 aromatic heterocycles. The van der Waals surface area contributed by atoms with Gasteiger partial charge in [0.25, 0.3) is 0 Å². The Morgan fingerprint density at radius 2 is 1.96 bits per heavy atom. The second kappa shape index (κ2) is 6.61. The van der Waals surface area contributed by atoms with Gasteiger partial charge in [-0.3, -0.25) is 0 Å². The summed E-state index contributed by atoms with van der Waals surface area (Å²) in [6.45, 7) is 2.39. The summed E-state index contributed by atoms with van der Waals surface area (Å²) in [7, 11) is 1.65. The average Bonchev–Trinajstić information content (AvgIpc) is 2.96. The van der Waals surface area contributed by atoms with Crippen molar-refractivity contribution in [2.75, 3.05) is 12.8 Å². The minimum Gasteiger partial charge on any atom is -0.497 e. The third-order valence-electron chi connectivity index (χ3n) is 5.43. The molecule has 1 aromatic carbocycles. The topological polar surface area (TPSA) is 90.4 Å². The smallest absolute Gasteiger partial charge is 0.339 e. The Morgan fingerprint density at radius 1 is 1.26 bits per heavy atom. The monoisotopic (exact) mass is 365 g/mol. The number of ether oxygens (including phenoxy) is 1. The lowest BCUT2D eigenvalue weighted by molar-refractivity contribution is 0.0697. The highest BCUT2D eigenvalue weighted by Crippen LogP contribution is 2.37. The largest absolute Gasteiger partial charge is 0.497 e. The average molecular weight is 365 g/mol. The van der Waals surface area contributed by atoms with Gasteiger partial charge in [0.05, 0.1) is 18.5 Å². The molecule has 1 aliphatic rings. The van der Waals surface area contributed by atoms with Crippen molar-refractivity contribution in [1.29, 1.82) is 0 Å². The molecule has 6 heteroatoms. The first kappa shape index (κ1) is 17.4. The van der Waals surface area contributed by atoms with Crippen molar-refractivity contribution in [3.05, 3.63) is 52.3 Å². The maximum absolute atomic E-state index is 11.7. The number of carbonyl (C=O) groups is 1. The van der Waals surface area contributed by atoms with Crippen molar-refractivity contribution >= 4 is 22.7 Å². The lowest BCUT2D eigenvalue weighted by atomic mass is 9.94. The fourth-order valence-electron chi connectivity index (χ4n) is 4.14. The van der Waals surface area contributed by atoms with Gasteiger partial charge in [-0.25, -0.2) is 9.78 Å². The summed E-state index contributed by atoms with van der Waals surface area (Å²) in [5.41, 5.74) is 11.6. The summed E-state index contributed by atoms with van der Waals surface area (Å²) >= 11 is 0. The van der Waals surface area contributed by atoms with Gasteiger partial charge in [0.2, 0.25) is 0 Å². The van der Waals surface area contributed by atoms with Crippen LogP contribution >= 0.6 is 0 Å². The molecule has 0 saturated carbocycles. The maximum Gasteiger partial charge on any atom is 0.339 e. The van der Waals surface area contributed by atoms with E-state index in [2.05, 4.69) is 9.55 Å². The van der Waals surface area contributed by atoms with Gasteiger partial charge in [0.1, 0.15) is 17.0 Å². The number of anilines is 1. The van der Waals surface area contributed by atoms with Crippen LogP contribution in [0.5, 0.6) is 5.75 Å². The minimum absolute atomic E-state index is 0.123. The van der Waals surface area contributed by atoms with Crippen LogP contribution in [0.25, 0.3) is 11.0 Å². The van der Waals surface area contributed by atoms with Gasteiger partial charge < -0.3 is 20.1 Å². The van der Waals surface area contributed by atoms with Gasteiger partial charge in [-0.1, -0.05) is 12.1 Å². The fraction of sp³-hybridized carbons (Fsp3) is 0.333. The fourth-order valence-corrected chi connectivity index (χ4v) is 4.14. The van der Waals surface area contributed by atoms with Crippen LogP contribution in [-0.4, -0.2) is 27.7 Å². The number of pyridine rings is 1. The first-order valence-electron chi connectivity index (χ1n) is 9.17. The zero-order chi connectivity index (χ0) is 19.1. The van der Waals surface area contributed by atoms with E-state index in [0.717, 1.165) is 53.6 Å². The third kappa shape index (κ3) is 2.81.